The van der Waals surface area contributed by atoms with Gasteiger partial charge in [0.05, 0.1) is 3.79 Å². The maximum atomic E-state index is 3.60. The molecule has 0 bridgehead atoms. The highest BCUT2D eigenvalue weighted by atomic mass is 79.9. The lowest BCUT2D eigenvalue weighted by molar-refractivity contribution is 0.391. The highest BCUT2D eigenvalue weighted by Crippen LogP contribution is 2.27. The van der Waals surface area contributed by atoms with E-state index in [4.69, 9.17) is 0 Å². The van der Waals surface area contributed by atoms with Gasteiger partial charge >= 0.3 is 0 Å². The van der Waals surface area contributed by atoms with E-state index in [1.165, 1.54) is 8.66 Å². The Balaban J connectivity index is 2.54. The first-order chi connectivity index (χ1) is 6.50. The average Bonchev–Trinajstić information content (AvgIpc) is 2.51. The zero-order valence-corrected chi connectivity index (χ0v) is 11.6. The maximum absolute atomic E-state index is 3.60. The van der Waals surface area contributed by atoms with Gasteiger partial charge < -0.3 is 5.32 Å². The Bertz CT molecular complexity index is 283. The van der Waals surface area contributed by atoms with Crippen molar-refractivity contribution < 1.29 is 0 Å². The van der Waals surface area contributed by atoms with E-state index in [-0.39, 0.29) is 0 Å². The van der Waals surface area contributed by atoms with E-state index in [0.29, 0.717) is 18.0 Å². The van der Waals surface area contributed by atoms with E-state index in [1.54, 1.807) is 11.3 Å². The fourth-order valence-corrected chi connectivity index (χ4v) is 2.66. The summed E-state index contributed by atoms with van der Waals surface area (Å²) in [7, 11) is 0. The van der Waals surface area contributed by atoms with Crippen LogP contribution in [-0.2, 0) is 0 Å². The molecule has 14 heavy (non-hydrogen) atoms. The van der Waals surface area contributed by atoms with Crippen molar-refractivity contribution in [2.24, 2.45) is 5.92 Å². The Morgan fingerprint density at radius 1 is 1.21 bits per heavy atom. The number of hydrogen-bond donors (Lipinski definition) is 1. The molecule has 1 rings (SSSR count). The Hall–Kier alpha value is 0.140. The van der Waals surface area contributed by atoms with E-state index in [1.807, 2.05) is 0 Å². The molecule has 0 aromatic carbocycles. The monoisotopic (exact) mass is 275 g/mol. The first-order valence-electron chi connectivity index (χ1n) is 5.02. The summed E-state index contributed by atoms with van der Waals surface area (Å²) in [6, 6.07) is 5.30. The van der Waals surface area contributed by atoms with Crippen LogP contribution in [0.4, 0.5) is 0 Å². The minimum absolute atomic E-state index is 0.448. The molecule has 0 aliphatic heterocycles. The van der Waals surface area contributed by atoms with Gasteiger partial charge in [0.15, 0.2) is 0 Å². The zero-order chi connectivity index (χ0) is 10.7. The van der Waals surface area contributed by atoms with Gasteiger partial charge in [-0.1, -0.05) is 13.8 Å². The van der Waals surface area contributed by atoms with Crippen LogP contribution in [0, 0.1) is 5.92 Å². The van der Waals surface area contributed by atoms with E-state index in [0.717, 1.165) is 0 Å². The van der Waals surface area contributed by atoms with Crippen molar-refractivity contribution in [3.05, 3.63) is 20.8 Å². The molecule has 0 saturated heterocycles. The summed E-state index contributed by atoms with van der Waals surface area (Å²) in [4.78, 5) is 1.39. The molecule has 0 aliphatic rings. The van der Waals surface area contributed by atoms with Gasteiger partial charge in [-0.15, -0.1) is 11.3 Å². The summed E-state index contributed by atoms with van der Waals surface area (Å²) in [5, 5.41) is 3.60. The lowest BCUT2D eigenvalue weighted by Gasteiger charge is -2.22. The fraction of sp³-hybridized carbons (Fsp3) is 0.636. The van der Waals surface area contributed by atoms with Crippen LogP contribution in [-0.4, -0.2) is 6.04 Å². The molecule has 0 aliphatic carbocycles. The average molecular weight is 276 g/mol. The molecule has 3 heteroatoms. The van der Waals surface area contributed by atoms with Gasteiger partial charge in [0.2, 0.25) is 0 Å². The van der Waals surface area contributed by atoms with E-state index in [9.17, 15) is 0 Å². The largest absolute Gasteiger partial charge is 0.307 e. The van der Waals surface area contributed by atoms with Gasteiger partial charge in [-0.3, -0.25) is 0 Å². The molecule has 80 valence electrons. The molecule has 1 aromatic heterocycles. The normalized spacial score (nSPS) is 15.9. The Morgan fingerprint density at radius 3 is 2.29 bits per heavy atom. The standard InChI is InChI=1S/C11H18BrNS/c1-7(2)8(3)13-9(4)10-5-6-11(12)14-10/h5-9,13H,1-4H3/t8-,9+/m0/s1. The number of thiophene rings is 1. The fourth-order valence-electron chi connectivity index (χ4n) is 1.23. The van der Waals surface area contributed by atoms with Crippen LogP contribution in [0.3, 0.4) is 0 Å². The van der Waals surface area contributed by atoms with E-state index >= 15 is 0 Å². The predicted molar refractivity (Wildman–Crippen MR) is 67.9 cm³/mol. The number of rotatable bonds is 4. The van der Waals surface area contributed by atoms with Crippen molar-refractivity contribution in [2.45, 2.75) is 39.8 Å². The summed E-state index contributed by atoms with van der Waals surface area (Å²) in [5.74, 6) is 0.681. The van der Waals surface area contributed by atoms with Crippen molar-refractivity contribution >= 4 is 27.3 Å². The summed E-state index contributed by atoms with van der Waals surface area (Å²) in [6.45, 7) is 8.95. The zero-order valence-electron chi connectivity index (χ0n) is 9.17. The van der Waals surface area contributed by atoms with Gasteiger partial charge in [0.1, 0.15) is 0 Å². The van der Waals surface area contributed by atoms with Crippen LogP contribution in [0.15, 0.2) is 15.9 Å². The number of nitrogens with one attached hydrogen (secondary N) is 1. The van der Waals surface area contributed by atoms with Crippen LogP contribution >= 0.6 is 27.3 Å². The minimum Gasteiger partial charge on any atom is -0.307 e. The van der Waals surface area contributed by atoms with Crippen molar-refractivity contribution in [3.63, 3.8) is 0 Å². The van der Waals surface area contributed by atoms with Crippen molar-refractivity contribution in [2.75, 3.05) is 0 Å². The van der Waals surface area contributed by atoms with Crippen molar-refractivity contribution in [1.82, 2.24) is 5.32 Å². The highest BCUT2D eigenvalue weighted by Gasteiger charge is 2.13. The molecule has 0 spiro atoms. The van der Waals surface area contributed by atoms with Crippen LogP contribution in [0.1, 0.15) is 38.6 Å². The molecule has 1 heterocycles. The van der Waals surface area contributed by atoms with Gasteiger partial charge in [-0.2, -0.15) is 0 Å². The first kappa shape index (κ1) is 12.2. The van der Waals surface area contributed by atoms with E-state index < -0.39 is 0 Å². The smallest absolute Gasteiger partial charge is 0.0701 e. The van der Waals surface area contributed by atoms with Crippen LogP contribution < -0.4 is 5.32 Å². The van der Waals surface area contributed by atoms with Crippen molar-refractivity contribution in [3.8, 4) is 0 Å². The van der Waals surface area contributed by atoms with Gasteiger partial charge in [0, 0.05) is 17.0 Å². The molecule has 0 unspecified atom stereocenters. The van der Waals surface area contributed by atoms with Gasteiger partial charge in [-0.25, -0.2) is 0 Å². The molecule has 1 aromatic rings. The number of hydrogen-bond acceptors (Lipinski definition) is 2. The molecule has 1 N–H and O–H groups in total. The van der Waals surface area contributed by atoms with Gasteiger partial charge in [-0.05, 0) is 47.8 Å². The summed E-state index contributed by atoms with van der Waals surface area (Å²) < 4.78 is 1.21. The first-order valence-corrected chi connectivity index (χ1v) is 6.63. The highest BCUT2D eigenvalue weighted by molar-refractivity contribution is 9.11. The second-order valence-electron chi connectivity index (χ2n) is 4.06. The van der Waals surface area contributed by atoms with Crippen LogP contribution in [0.2, 0.25) is 0 Å². The molecule has 0 radical (unpaired) electrons. The quantitative estimate of drug-likeness (QED) is 0.868. The minimum atomic E-state index is 0.448. The Labute approximate surface area is 99.0 Å². The molecule has 1 nitrogen and oxygen atoms in total. The van der Waals surface area contributed by atoms with Crippen LogP contribution in [0.25, 0.3) is 0 Å². The molecular weight excluding hydrogens is 258 g/mol. The molecule has 0 fully saturated rings. The number of halogens is 1. The Morgan fingerprint density at radius 2 is 1.86 bits per heavy atom. The Kier molecular flexibility index (Phi) is 4.61. The third-order valence-electron chi connectivity index (χ3n) is 2.53. The SMILES string of the molecule is CC(C)[C@H](C)N[C@H](C)c1ccc(Br)s1. The molecular formula is C11H18BrNS. The topological polar surface area (TPSA) is 12.0 Å². The predicted octanol–water partition coefficient (Wildman–Crippen LogP) is 4.21. The summed E-state index contributed by atoms with van der Waals surface area (Å²) >= 11 is 5.29. The molecule has 0 amide bonds. The second-order valence-corrected chi connectivity index (χ2v) is 6.56. The summed E-state index contributed by atoms with van der Waals surface area (Å²) in [5.41, 5.74) is 0. The van der Waals surface area contributed by atoms with Gasteiger partial charge in [0.25, 0.3) is 0 Å². The third-order valence-corrected chi connectivity index (χ3v) is 4.34. The molecule has 0 saturated carbocycles. The second kappa shape index (κ2) is 5.29. The van der Waals surface area contributed by atoms with Crippen LogP contribution in [0.5, 0.6) is 0 Å². The summed E-state index contributed by atoms with van der Waals surface area (Å²) in [6.07, 6.45) is 0. The third kappa shape index (κ3) is 3.37. The maximum Gasteiger partial charge on any atom is 0.0701 e. The van der Waals surface area contributed by atoms with Crippen molar-refractivity contribution in [1.29, 1.82) is 0 Å². The lowest BCUT2D eigenvalue weighted by Crippen LogP contribution is -2.32. The van der Waals surface area contributed by atoms with E-state index in [2.05, 4.69) is 61.1 Å². The molecule has 2 atom stereocenters. The lowest BCUT2D eigenvalue weighted by atomic mass is 10.1.